The molecule has 0 unspecified atom stereocenters. The van der Waals surface area contributed by atoms with Gasteiger partial charge in [-0.2, -0.15) is 0 Å². The lowest BCUT2D eigenvalue weighted by Gasteiger charge is -2.18. The van der Waals surface area contributed by atoms with Crippen LogP contribution in [0.5, 0.6) is 0 Å². The van der Waals surface area contributed by atoms with Gasteiger partial charge in [-0.25, -0.2) is 4.39 Å². The van der Waals surface area contributed by atoms with E-state index in [1.807, 2.05) is 0 Å². The number of nitrogens with one attached hydrogen (secondary N) is 1. The summed E-state index contributed by atoms with van der Waals surface area (Å²) in [6, 6.07) is 4.66. The highest BCUT2D eigenvalue weighted by atomic mass is 19.1. The first-order chi connectivity index (χ1) is 8.34. The third kappa shape index (κ3) is 4.09. The molecular formula is C13H19FN2O2. The lowest BCUT2D eigenvalue weighted by atomic mass is 10.1. The number of ether oxygens (including phenoxy) is 1. The molecular weight excluding hydrogens is 235 g/mol. The van der Waals surface area contributed by atoms with Gasteiger partial charge >= 0.3 is 0 Å². The minimum Gasteiger partial charge on any atom is -0.380 e. The molecule has 3 N–H and O–H groups in total. The fourth-order valence-electron chi connectivity index (χ4n) is 1.41. The lowest BCUT2D eigenvalue weighted by molar-refractivity contribution is -0.125. The Bertz CT molecular complexity index is 427. The van der Waals surface area contributed by atoms with Crippen molar-refractivity contribution in [3.63, 3.8) is 0 Å². The van der Waals surface area contributed by atoms with Crippen LogP contribution >= 0.6 is 0 Å². The largest absolute Gasteiger partial charge is 0.380 e. The van der Waals surface area contributed by atoms with Crippen molar-refractivity contribution in [3.05, 3.63) is 35.1 Å². The highest BCUT2D eigenvalue weighted by molar-refractivity contribution is 5.84. The minimum atomic E-state index is -0.921. The molecule has 0 bridgehead atoms. The summed E-state index contributed by atoms with van der Waals surface area (Å²) in [6.07, 6.45) is 0. The standard InChI is InChI=1S/C13H19FN2O2/c1-13(2,15)12(17)16-7-9-4-5-11(14)10(6-9)8-18-3/h4-6H,7-8,15H2,1-3H3,(H,16,17). The van der Waals surface area contributed by atoms with Crippen LogP contribution in [0.2, 0.25) is 0 Å². The number of methoxy groups -OCH3 is 1. The molecule has 0 saturated heterocycles. The molecule has 100 valence electrons. The molecule has 0 aliphatic carbocycles. The molecule has 0 spiro atoms. The highest BCUT2D eigenvalue weighted by Gasteiger charge is 2.21. The van der Waals surface area contributed by atoms with E-state index in [1.54, 1.807) is 26.0 Å². The van der Waals surface area contributed by atoms with Gasteiger partial charge in [0.2, 0.25) is 5.91 Å². The highest BCUT2D eigenvalue weighted by Crippen LogP contribution is 2.12. The molecule has 18 heavy (non-hydrogen) atoms. The summed E-state index contributed by atoms with van der Waals surface area (Å²) in [4.78, 5) is 11.6. The molecule has 0 aromatic heterocycles. The number of amides is 1. The number of carbonyl (C=O) groups is 1. The van der Waals surface area contributed by atoms with Crippen LogP contribution in [-0.4, -0.2) is 18.6 Å². The summed E-state index contributed by atoms with van der Waals surface area (Å²) in [6.45, 7) is 3.78. The van der Waals surface area contributed by atoms with Gasteiger partial charge in [0.15, 0.2) is 0 Å². The molecule has 0 aliphatic heterocycles. The van der Waals surface area contributed by atoms with Gasteiger partial charge in [-0.15, -0.1) is 0 Å². The maximum atomic E-state index is 13.4. The van der Waals surface area contributed by atoms with E-state index in [0.717, 1.165) is 5.56 Å². The van der Waals surface area contributed by atoms with Gasteiger partial charge in [0, 0.05) is 19.2 Å². The Morgan fingerprint density at radius 1 is 1.50 bits per heavy atom. The van der Waals surface area contributed by atoms with Gasteiger partial charge in [0.1, 0.15) is 5.82 Å². The molecule has 1 amide bonds. The first kappa shape index (κ1) is 14.6. The Morgan fingerprint density at radius 2 is 2.17 bits per heavy atom. The summed E-state index contributed by atoms with van der Waals surface area (Å²) in [5.41, 5.74) is 6.01. The monoisotopic (exact) mass is 254 g/mol. The third-order valence-corrected chi connectivity index (χ3v) is 2.45. The average Bonchev–Trinajstić information content (AvgIpc) is 2.28. The summed E-state index contributed by atoms with van der Waals surface area (Å²) < 4.78 is 18.3. The molecule has 0 radical (unpaired) electrons. The van der Waals surface area contributed by atoms with E-state index in [4.69, 9.17) is 10.5 Å². The van der Waals surface area contributed by atoms with Gasteiger partial charge in [-0.05, 0) is 31.5 Å². The Hall–Kier alpha value is -1.46. The summed E-state index contributed by atoms with van der Waals surface area (Å²) >= 11 is 0. The third-order valence-electron chi connectivity index (χ3n) is 2.45. The van der Waals surface area contributed by atoms with Crippen LogP contribution in [0.25, 0.3) is 0 Å². The molecule has 4 nitrogen and oxygen atoms in total. The second-order valence-electron chi connectivity index (χ2n) is 4.76. The predicted molar refractivity (Wildman–Crippen MR) is 67.2 cm³/mol. The van der Waals surface area contributed by atoms with E-state index >= 15 is 0 Å². The lowest BCUT2D eigenvalue weighted by Crippen LogP contribution is -2.48. The van der Waals surface area contributed by atoms with Gasteiger partial charge < -0.3 is 15.8 Å². The van der Waals surface area contributed by atoms with Gasteiger partial charge in [-0.1, -0.05) is 6.07 Å². The predicted octanol–water partition coefficient (Wildman–Crippen LogP) is 1.33. The number of hydrogen-bond acceptors (Lipinski definition) is 3. The van der Waals surface area contributed by atoms with E-state index in [9.17, 15) is 9.18 Å². The van der Waals surface area contributed by atoms with Crippen molar-refractivity contribution < 1.29 is 13.9 Å². The van der Waals surface area contributed by atoms with Crippen LogP contribution in [0.1, 0.15) is 25.0 Å². The van der Waals surface area contributed by atoms with Crippen LogP contribution in [0.3, 0.4) is 0 Å². The smallest absolute Gasteiger partial charge is 0.239 e. The molecule has 0 aliphatic rings. The summed E-state index contributed by atoms with van der Waals surface area (Å²) in [7, 11) is 1.50. The van der Waals surface area contributed by atoms with Crippen molar-refractivity contribution in [1.82, 2.24) is 5.32 Å². The van der Waals surface area contributed by atoms with Crippen LogP contribution < -0.4 is 11.1 Å². The Kier molecular flexibility index (Phi) is 4.81. The van der Waals surface area contributed by atoms with E-state index < -0.39 is 5.54 Å². The van der Waals surface area contributed by atoms with Crippen LogP contribution in [0.15, 0.2) is 18.2 Å². The Labute approximate surface area is 106 Å². The molecule has 0 fully saturated rings. The number of hydrogen-bond donors (Lipinski definition) is 2. The molecule has 5 heteroatoms. The SMILES string of the molecule is COCc1cc(CNC(=O)C(C)(C)N)ccc1F. The van der Waals surface area contributed by atoms with Gasteiger partial charge in [0.05, 0.1) is 12.1 Å². The quantitative estimate of drug-likeness (QED) is 0.833. The van der Waals surface area contributed by atoms with E-state index in [0.29, 0.717) is 12.1 Å². The summed E-state index contributed by atoms with van der Waals surface area (Å²) in [5, 5.41) is 2.70. The first-order valence-electron chi connectivity index (χ1n) is 5.68. The molecule has 1 aromatic rings. The van der Waals surface area contributed by atoms with Crippen molar-refractivity contribution in [2.75, 3.05) is 7.11 Å². The number of halogens is 1. The molecule has 1 rings (SSSR count). The zero-order chi connectivity index (χ0) is 13.8. The molecule has 0 saturated carbocycles. The second-order valence-corrected chi connectivity index (χ2v) is 4.76. The molecule has 0 heterocycles. The van der Waals surface area contributed by atoms with Gasteiger partial charge in [0.25, 0.3) is 0 Å². The fourth-order valence-corrected chi connectivity index (χ4v) is 1.41. The van der Waals surface area contributed by atoms with E-state index in [-0.39, 0.29) is 18.3 Å². The van der Waals surface area contributed by atoms with Crippen molar-refractivity contribution in [3.8, 4) is 0 Å². The van der Waals surface area contributed by atoms with E-state index in [2.05, 4.69) is 5.32 Å². The zero-order valence-corrected chi connectivity index (χ0v) is 10.9. The van der Waals surface area contributed by atoms with Crippen molar-refractivity contribution in [1.29, 1.82) is 0 Å². The normalized spacial score (nSPS) is 11.4. The maximum Gasteiger partial charge on any atom is 0.239 e. The van der Waals surface area contributed by atoms with Crippen molar-refractivity contribution in [2.45, 2.75) is 32.5 Å². The molecule has 1 aromatic carbocycles. The van der Waals surface area contributed by atoms with Crippen molar-refractivity contribution in [2.24, 2.45) is 5.73 Å². The first-order valence-corrected chi connectivity index (χ1v) is 5.68. The van der Waals surface area contributed by atoms with Gasteiger partial charge in [-0.3, -0.25) is 4.79 Å². The number of carbonyl (C=O) groups excluding carboxylic acids is 1. The Balaban J connectivity index is 2.68. The number of benzene rings is 1. The molecule has 0 atom stereocenters. The fraction of sp³-hybridized carbons (Fsp3) is 0.462. The zero-order valence-electron chi connectivity index (χ0n) is 10.9. The topological polar surface area (TPSA) is 64.3 Å². The number of rotatable bonds is 5. The van der Waals surface area contributed by atoms with Crippen molar-refractivity contribution >= 4 is 5.91 Å². The Morgan fingerprint density at radius 3 is 2.72 bits per heavy atom. The average molecular weight is 254 g/mol. The summed E-state index contributed by atoms with van der Waals surface area (Å²) in [5.74, 6) is -0.564. The number of nitrogens with two attached hydrogens (primary N) is 1. The second kappa shape index (κ2) is 5.93. The minimum absolute atomic E-state index is 0.204. The maximum absolute atomic E-state index is 13.4. The van der Waals surface area contributed by atoms with Crippen LogP contribution in [0.4, 0.5) is 4.39 Å². The van der Waals surface area contributed by atoms with Crippen LogP contribution in [0, 0.1) is 5.82 Å². The van der Waals surface area contributed by atoms with E-state index in [1.165, 1.54) is 13.2 Å². The van der Waals surface area contributed by atoms with Crippen LogP contribution in [-0.2, 0) is 22.7 Å².